The second-order valence-corrected chi connectivity index (χ2v) is 3.14. The molecule has 0 bridgehead atoms. The first kappa shape index (κ1) is 8.31. The molecule has 1 aromatic rings. The molecule has 0 amide bonds. The predicted molar refractivity (Wildman–Crippen MR) is 44.4 cm³/mol. The van der Waals surface area contributed by atoms with Gasteiger partial charge in [-0.25, -0.2) is 4.98 Å². The third-order valence-electron chi connectivity index (χ3n) is 2.61. The Morgan fingerprint density at radius 1 is 1.45 bits per heavy atom. The smallest absolute Gasteiger partial charge is 0.180 e. The molecule has 0 fully saturated rings. The first-order chi connectivity index (χ1) is 5.23. The summed E-state index contributed by atoms with van der Waals surface area (Å²) in [6.07, 6.45) is 5.46. The van der Waals surface area contributed by atoms with Gasteiger partial charge in [-0.2, -0.15) is 0 Å². The summed E-state index contributed by atoms with van der Waals surface area (Å²) in [5.41, 5.74) is 1.27. The Balaban J connectivity index is 2.87. The quantitative estimate of drug-likeness (QED) is 0.667. The molecule has 0 N–H and O–H groups in total. The van der Waals surface area contributed by atoms with Gasteiger partial charge < -0.3 is 4.42 Å². The summed E-state index contributed by atoms with van der Waals surface area (Å²) in [4.78, 5) is 4.16. The summed E-state index contributed by atoms with van der Waals surface area (Å²) in [6.45, 7) is 6.57. The summed E-state index contributed by atoms with van der Waals surface area (Å²) >= 11 is 0. The average Bonchev–Trinajstić information content (AvgIpc) is 2.55. The number of hydrogen-bond donors (Lipinski definition) is 0. The molecular formula is C9H15NO. The predicted octanol–water partition coefficient (Wildman–Crippen LogP) is 2.75. The van der Waals surface area contributed by atoms with Gasteiger partial charge in [-0.15, -0.1) is 0 Å². The fraction of sp³-hybridized carbons (Fsp3) is 0.667. The van der Waals surface area contributed by atoms with Crippen molar-refractivity contribution in [3.8, 4) is 0 Å². The Morgan fingerprint density at radius 3 is 2.45 bits per heavy atom. The van der Waals surface area contributed by atoms with Gasteiger partial charge in [-0.3, -0.25) is 0 Å². The zero-order chi connectivity index (χ0) is 8.32. The molecule has 2 heteroatoms. The molecule has 0 aliphatic rings. The number of oxazole rings is 1. The van der Waals surface area contributed by atoms with Crippen LogP contribution in [-0.2, 0) is 5.41 Å². The summed E-state index contributed by atoms with van der Waals surface area (Å²) in [7, 11) is 0. The molecule has 0 radical (unpaired) electrons. The van der Waals surface area contributed by atoms with E-state index >= 15 is 0 Å². The Labute approximate surface area is 67.6 Å². The maximum Gasteiger partial charge on any atom is 0.180 e. The Kier molecular flexibility index (Phi) is 2.32. The highest BCUT2D eigenvalue weighted by molar-refractivity contribution is 5.08. The minimum atomic E-state index is 0.201. The van der Waals surface area contributed by atoms with Crippen LogP contribution in [0.3, 0.4) is 0 Å². The average molecular weight is 153 g/mol. The number of nitrogens with zero attached hydrogens (tertiary/aromatic N) is 1. The fourth-order valence-electron chi connectivity index (χ4n) is 1.12. The van der Waals surface area contributed by atoms with E-state index in [9.17, 15) is 0 Å². The standard InChI is InChI=1S/C9H15NO/c1-4-9(3,5-2)8-6-11-7-10-8/h6-7H,4-5H2,1-3H3. The highest BCUT2D eigenvalue weighted by Gasteiger charge is 2.24. The fourth-order valence-corrected chi connectivity index (χ4v) is 1.12. The van der Waals surface area contributed by atoms with E-state index in [1.54, 1.807) is 6.26 Å². The van der Waals surface area contributed by atoms with Gasteiger partial charge in [0.1, 0.15) is 6.26 Å². The molecule has 0 unspecified atom stereocenters. The van der Waals surface area contributed by atoms with Crippen molar-refractivity contribution in [2.24, 2.45) is 0 Å². The molecule has 1 rings (SSSR count). The normalized spacial score (nSPS) is 11.9. The molecule has 1 heterocycles. The SMILES string of the molecule is CCC(C)(CC)c1cocn1. The molecular weight excluding hydrogens is 138 g/mol. The number of aromatic nitrogens is 1. The highest BCUT2D eigenvalue weighted by Crippen LogP contribution is 2.28. The van der Waals surface area contributed by atoms with E-state index in [-0.39, 0.29) is 5.41 Å². The number of hydrogen-bond acceptors (Lipinski definition) is 2. The van der Waals surface area contributed by atoms with Crippen LogP contribution in [0.25, 0.3) is 0 Å². The summed E-state index contributed by atoms with van der Waals surface area (Å²) in [5, 5.41) is 0. The van der Waals surface area contributed by atoms with Crippen molar-refractivity contribution >= 4 is 0 Å². The zero-order valence-corrected chi connectivity index (χ0v) is 7.42. The molecule has 62 valence electrons. The lowest BCUT2D eigenvalue weighted by atomic mass is 9.82. The van der Waals surface area contributed by atoms with Crippen molar-refractivity contribution in [1.82, 2.24) is 4.98 Å². The minimum Gasteiger partial charge on any atom is -0.451 e. The van der Waals surface area contributed by atoms with Crippen LogP contribution in [0, 0.1) is 0 Å². The van der Waals surface area contributed by atoms with Gasteiger partial charge in [-0.05, 0) is 12.8 Å². The molecule has 0 aromatic carbocycles. The third-order valence-corrected chi connectivity index (χ3v) is 2.61. The molecule has 0 saturated carbocycles. The lowest BCUT2D eigenvalue weighted by Crippen LogP contribution is -2.19. The highest BCUT2D eigenvalue weighted by atomic mass is 16.3. The van der Waals surface area contributed by atoms with Crippen molar-refractivity contribution in [2.75, 3.05) is 0 Å². The lowest BCUT2D eigenvalue weighted by Gasteiger charge is -2.23. The molecule has 2 nitrogen and oxygen atoms in total. The first-order valence-corrected chi connectivity index (χ1v) is 4.11. The van der Waals surface area contributed by atoms with Crippen molar-refractivity contribution in [1.29, 1.82) is 0 Å². The Hall–Kier alpha value is -0.790. The van der Waals surface area contributed by atoms with Crippen LogP contribution in [0.4, 0.5) is 0 Å². The van der Waals surface area contributed by atoms with E-state index in [0.717, 1.165) is 18.5 Å². The zero-order valence-electron chi connectivity index (χ0n) is 7.42. The van der Waals surface area contributed by atoms with Crippen LogP contribution in [0.15, 0.2) is 17.1 Å². The maximum atomic E-state index is 4.95. The van der Waals surface area contributed by atoms with Crippen molar-refractivity contribution in [3.63, 3.8) is 0 Å². The van der Waals surface area contributed by atoms with Gasteiger partial charge >= 0.3 is 0 Å². The minimum absolute atomic E-state index is 0.201. The molecule has 11 heavy (non-hydrogen) atoms. The second-order valence-electron chi connectivity index (χ2n) is 3.14. The van der Waals surface area contributed by atoms with E-state index in [0.29, 0.717) is 0 Å². The topological polar surface area (TPSA) is 26.0 Å². The molecule has 0 atom stereocenters. The van der Waals surface area contributed by atoms with Gasteiger partial charge in [0, 0.05) is 5.41 Å². The lowest BCUT2D eigenvalue weighted by molar-refractivity contribution is 0.423. The van der Waals surface area contributed by atoms with Crippen molar-refractivity contribution in [2.45, 2.75) is 39.0 Å². The van der Waals surface area contributed by atoms with Crippen LogP contribution < -0.4 is 0 Å². The van der Waals surface area contributed by atoms with E-state index < -0.39 is 0 Å². The molecule has 0 spiro atoms. The van der Waals surface area contributed by atoms with Crippen molar-refractivity contribution in [3.05, 3.63) is 18.4 Å². The summed E-state index contributed by atoms with van der Waals surface area (Å²) < 4.78 is 4.95. The van der Waals surface area contributed by atoms with E-state index in [1.165, 1.54) is 6.39 Å². The van der Waals surface area contributed by atoms with Crippen LogP contribution >= 0.6 is 0 Å². The van der Waals surface area contributed by atoms with Crippen LogP contribution in [0.2, 0.25) is 0 Å². The molecule has 0 saturated heterocycles. The Morgan fingerprint density at radius 2 is 2.09 bits per heavy atom. The summed E-state index contributed by atoms with van der Waals surface area (Å²) in [6, 6.07) is 0. The van der Waals surface area contributed by atoms with Crippen LogP contribution in [0.1, 0.15) is 39.3 Å². The van der Waals surface area contributed by atoms with Gasteiger partial charge in [0.25, 0.3) is 0 Å². The molecule has 0 aliphatic heterocycles. The monoisotopic (exact) mass is 153 g/mol. The second kappa shape index (κ2) is 3.07. The Bertz CT molecular complexity index is 199. The third kappa shape index (κ3) is 1.44. The van der Waals surface area contributed by atoms with E-state index in [1.807, 2.05) is 0 Å². The van der Waals surface area contributed by atoms with Crippen LogP contribution in [0.5, 0.6) is 0 Å². The van der Waals surface area contributed by atoms with Gasteiger partial charge in [0.15, 0.2) is 6.39 Å². The van der Waals surface area contributed by atoms with Crippen LogP contribution in [-0.4, -0.2) is 4.98 Å². The van der Waals surface area contributed by atoms with Gasteiger partial charge in [-0.1, -0.05) is 20.8 Å². The maximum absolute atomic E-state index is 4.95. The van der Waals surface area contributed by atoms with Gasteiger partial charge in [0.2, 0.25) is 0 Å². The molecule has 1 aromatic heterocycles. The first-order valence-electron chi connectivity index (χ1n) is 4.11. The van der Waals surface area contributed by atoms with E-state index in [2.05, 4.69) is 25.8 Å². The number of rotatable bonds is 3. The molecule has 0 aliphatic carbocycles. The van der Waals surface area contributed by atoms with Crippen molar-refractivity contribution < 1.29 is 4.42 Å². The summed E-state index contributed by atoms with van der Waals surface area (Å²) in [5.74, 6) is 0. The van der Waals surface area contributed by atoms with Gasteiger partial charge in [0.05, 0.1) is 5.69 Å². The van der Waals surface area contributed by atoms with E-state index in [4.69, 9.17) is 4.42 Å². The largest absolute Gasteiger partial charge is 0.451 e.